The minimum atomic E-state index is -0.397. The number of esters is 1. The first-order valence-electron chi connectivity index (χ1n) is 8.94. The fourth-order valence-electron chi connectivity index (χ4n) is 3.99. The van der Waals surface area contributed by atoms with E-state index in [-0.39, 0.29) is 11.8 Å². The lowest BCUT2D eigenvalue weighted by molar-refractivity contribution is -0.714. The Morgan fingerprint density at radius 1 is 1.25 bits per heavy atom. The van der Waals surface area contributed by atoms with Gasteiger partial charge in [-0.05, 0) is 51.5 Å². The summed E-state index contributed by atoms with van der Waals surface area (Å²) in [7, 11) is 1.36. The Labute approximate surface area is 144 Å². The second-order valence-corrected chi connectivity index (χ2v) is 7.39. The van der Waals surface area contributed by atoms with Crippen LogP contribution in [0.3, 0.4) is 0 Å². The molecule has 0 spiro atoms. The summed E-state index contributed by atoms with van der Waals surface area (Å²) >= 11 is 0. The number of hydrogen-bond donors (Lipinski definition) is 2. The van der Waals surface area contributed by atoms with Gasteiger partial charge in [0.2, 0.25) is 5.78 Å². The van der Waals surface area contributed by atoms with Gasteiger partial charge in [0, 0.05) is 11.6 Å². The highest BCUT2D eigenvalue weighted by molar-refractivity contribution is 6.03. The third-order valence-corrected chi connectivity index (χ3v) is 5.79. The summed E-state index contributed by atoms with van der Waals surface area (Å²) in [5, 5.41) is 2.22. The molecule has 0 radical (unpaired) electrons. The first-order chi connectivity index (χ1) is 11.3. The van der Waals surface area contributed by atoms with Crippen molar-refractivity contribution in [1.29, 1.82) is 0 Å². The highest BCUT2D eigenvalue weighted by Gasteiger charge is 2.34. The molecule has 1 aromatic rings. The van der Waals surface area contributed by atoms with Gasteiger partial charge >= 0.3 is 5.97 Å². The number of aromatic amines is 1. The summed E-state index contributed by atoms with van der Waals surface area (Å²) in [5.41, 5.74) is 2.39. The van der Waals surface area contributed by atoms with E-state index in [4.69, 9.17) is 4.74 Å². The first-order valence-corrected chi connectivity index (χ1v) is 8.94. The third-order valence-electron chi connectivity index (χ3n) is 5.79. The molecule has 4 atom stereocenters. The van der Waals surface area contributed by atoms with Crippen molar-refractivity contribution in [3.63, 3.8) is 0 Å². The number of nitrogens with two attached hydrogens (primary N) is 1. The van der Waals surface area contributed by atoms with Crippen LogP contribution in [0.1, 0.15) is 72.1 Å². The molecule has 0 aliphatic heterocycles. The number of ketones is 1. The summed E-state index contributed by atoms with van der Waals surface area (Å²) in [6.07, 6.45) is 3.69. The van der Waals surface area contributed by atoms with Gasteiger partial charge in [0.15, 0.2) is 0 Å². The molecule has 0 unspecified atom stereocenters. The van der Waals surface area contributed by atoms with Crippen molar-refractivity contribution in [1.82, 2.24) is 4.98 Å². The van der Waals surface area contributed by atoms with E-state index in [9.17, 15) is 9.59 Å². The molecule has 134 valence electrons. The van der Waals surface area contributed by atoms with Gasteiger partial charge in [-0.15, -0.1) is 0 Å². The van der Waals surface area contributed by atoms with Crippen LogP contribution in [0.25, 0.3) is 0 Å². The minimum Gasteiger partial charge on any atom is -0.465 e. The lowest BCUT2D eigenvalue weighted by atomic mass is 9.77. The zero-order valence-corrected chi connectivity index (χ0v) is 15.7. The summed E-state index contributed by atoms with van der Waals surface area (Å²) < 4.78 is 4.82. The number of aromatic nitrogens is 1. The number of H-pyrrole nitrogens is 1. The fraction of sp³-hybridized carbons (Fsp3) is 0.684. The van der Waals surface area contributed by atoms with Gasteiger partial charge in [0.1, 0.15) is 6.04 Å². The van der Waals surface area contributed by atoms with Crippen LogP contribution in [0.2, 0.25) is 0 Å². The average molecular weight is 335 g/mol. The molecule has 0 amide bonds. The molecule has 24 heavy (non-hydrogen) atoms. The second-order valence-electron chi connectivity index (χ2n) is 7.39. The van der Waals surface area contributed by atoms with Crippen LogP contribution in [-0.4, -0.2) is 35.9 Å². The van der Waals surface area contributed by atoms with Crippen LogP contribution >= 0.6 is 0 Å². The van der Waals surface area contributed by atoms with Gasteiger partial charge in [-0.1, -0.05) is 13.8 Å². The topological polar surface area (TPSA) is 75.8 Å². The predicted octanol–water partition coefficient (Wildman–Crippen LogP) is 2.38. The molecule has 1 heterocycles. The molecule has 1 aliphatic rings. The number of quaternary nitrogens is 1. The maximum atomic E-state index is 12.9. The lowest BCUT2D eigenvalue weighted by Gasteiger charge is -2.33. The van der Waals surface area contributed by atoms with Crippen molar-refractivity contribution in [2.75, 3.05) is 7.11 Å². The summed E-state index contributed by atoms with van der Waals surface area (Å²) in [6, 6.07) is 0.328. The van der Waals surface area contributed by atoms with E-state index >= 15 is 0 Å². The SMILES string of the molecule is COC(=O)c1c(C)[nH]c(C(=O)[C@@H](C)[NH2+][C@@H]2CCC[C@H](C)[C@@H]2C)c1C. The van der Waals surface area contributed by atoms with Gasteiger partial charge in [-0.3, -0.25) is 4.79 Å². The molecule has 0 bridgehead atoms. The standard InChI is InChI=1S/C19H30N2O3/c1-10-8-7-9-15(11(10)2)20-14(5)18(22)17-12(3)16(13(4)21-17)19(23)24-6/h10-11,14-15,20-21H,7-9H2,1-6H3/p+1/t10-,11-,14+,15+/m0/s1. The molecule has 3 N–H and O–H groups in total. The predicted molar refractivity (Wildman–Crippen MR) is 93.3 cm³/mol. The number of carbonyl (C=O) groups excluding carboxylic acids is 2. The Morgan fingerprint density at radius 2 is 1.92 bits per heavy atom. The van der Waals surface area contributed by atoms with Crippen LogP contribution in [-0.2, 0) is 4.74 Å². The zero-order valence-electron chi connectivity index (χ0n) is 15.7. The Balaban J connectivity index is 2.15. The highest BCUT2D eigenvalue weighted by Crippen LogP contribution is 2.28. The number of carbonyl (C=O) groups is 2. The van der Waals surface area contributed by atoms with E-state index in [0.29, 0.717) is 40.4 Å². The van der Waals surface area contributed by atoms with Crippen molar-refractivity contribution in [2.45, 2.75) is 66.0 Å². The second kappa shape index (κ2) is 7.51. The largest absolute Gasteiger partial charge is 0.465 e. The van der Waals surface area contributed by atoms with Crippen LogP contribution in [0, 0.1) is 25.7 Å². The molecular formula is C19H31N2O3+. The monoisotopic (exact) mass is 335 g/mol. The molecule has 2 rings (SSSR count). The Hall–Kier alpha value is -1.62. The molecule has 5 heteroatoms. The van der Waals surface area contributed by atoms with E-state index in [1.165, 1.54) is 26.4 Å². The van der Waals surface area contributed by atoms with Crippen LogP contribution in [0.4, 0.5) is 0 Å². The number of aryl methyl sites for hydroxylation is 1. The van der Waals surface area contributed by atoms with E-state index in [2.05, 4.69) is 24.1 Å². The molecule has 0 saturated heterocycles. The molecule has 5 nitrogen and oxygen atoms in total. The summed E-state index contributed by atoms with van der Waals surface area (Å²) in [6.45, 7) is 10.2. The Kier molecular flexibility index (Phi) is 5.86. The van der Waals surface area contributed by atoms with Crippen molar-refractivity contribution >= 4 is 11.8 Å². The molecule has 1 aromatic heterocycles. The maximum absolute atomic E-state index is 12.9. The average Bonchev–Trinajstić information content (AvgIpc) is 2.85. The number of Topliss-reactive ketones (excluding diaryl/α,β-unsaturated/α-hetero) is 1. The van der Waals surface area contributed by atoms with Gasteiger partial charge < -0.3 is 15.0 Å². The maximum Gasteiger partial charge on any atom is 0.339 e. The molecule has 1 saturated carbocycles. The Morgan fingerprint density at radius 3 is 2.54 bits per heavy atom. The normalized spacial score (nSPS) is 25.3. The number of rotatable bonds is 5. The summed E-state index contributed by atoms with van der Waals surface area (Å²) in [4.78, 5) is 27.9. The van der Waals surface area contributed by atoms with Crippen LogP contribution < -0.4 is 5.32 Å². The van der Waals surface area contributed by atoms with Crippen LogP contribution in [0.5, 0.6) is 0 Å². The first kappa shape index (κ1) is 18.7. The molecule has 1 fully saturated rings. The van der Waals surface area contributed by atoms with Gasteiger partial charge in [-0.25, -0.2) is 4.79 Å². The lowest BCUT2D eigenvalue weighted by Crippen LogP contribution is -2.97. The quantitative estimate of drug-likeness (QED) is 0.641. The van der Waals surface area contributed by atoms with Crippen molar-refractivity contribution < 1.29 is 19.6 Å². The van der Waals surface area contributed by atoms with Gasteiger partial charge in [-0.2, -0.15) is 0 Å². The van der Waals surface area contributed by atoms with E-state index in [0.717, 1.165) is 0 Å². The molecule has 0 aromatic carbocycles. The zero-order chi connectivity index (χ0) is 18.0. The molecular weight excluding hydrogens is 304 g/mol. The Bertz CT molecular complexity index is 620. The number of hydrogen-bond acceptors (Lipinski definition) is 3. The third kappa shape index (κ3) is 3.56. The number of methoxy groups -OCH3 is 1. The molecule has 1 aliphatic carbocycles. The summed E-state index contributed by atoms with van der Waals surface area (Å²) in [5.74, 6) is 0.983. The highest BCUT2D eigenvalue weighted by atomic mass is 16.5. The van der Waals surface area contributed by atoms with E-state index < -0.39 is 5.97 Å². The number of ether oxygens (including phenoxy) is 1. The minimum absolute atomic E-state index is 0.0520. The van der Waals surface area contributed by atoms with E-state index in [1.54, 1.807) is 13.8 Å². The van der Waals surface area contributed by atoms with E-state index in [1.807, 2.05) is 6.92 Å². The smallest absolute Gasteiger partial charge is 0.339 e. The van der Waals surface area contributed by atoms with Crippen molar-refractivity contribution in [3.8, 4) is 0 Å². The van der Waals surface area contributed by atoms with Gasteiger partial charge in [0.05, 0.1) is 24.4 Å². The number of nitrogens with one attached hydrogen (secondary N) is 1. The van der Waals surface area contributed by atoms with Crippen molar-refractivity contribution in [3.05, 3.63) is 22.5 Å². The fourth-order valence-corrected chi connectivity index (χ4v) is 3.99. The van der Waals surface area contributed by atoms with Crippen LogP contribution in [0.15, 0.2) is 0 Å². The van der Waals surface area contributed by atoms with Crippen molar-refractivity contribution in [2.24, 2.45) is 11.8 Å². The van der Waals surface area contributed by atoms with Gasteiger partial charge in [0.25, 0.3) is 0 Å².